The molecule has 2 heterocycles. The number of carbonyl (C=O) groups excluding carboxylic acids is 1. The number of amides is 1. The van der Waals surface area contributed by atoms with Crippen LogP contribution in [0.1, 0.15) is 16.1 Å². The predicted octanol–water partition coefficient (Wildman–Crippen LogP) is 2.44. The van der Waals surface area contributed by atoms with Gasteiger partial charge in [-0.15, -0.1) is 0 Å². The second-order valence-electron chi connectivity index (χ2n) is 5.99. The summed E-state index contributed by atoms with van der Waals surface area (Å²) in [6.07, 6.45) is 3.93. The van der Waals surface area contributed by atoms with Crippen molar-refractivity contribution in [2.45, 2.75) is 12.5 Å². The third-order valence-electron chi connectivity index (χ3n) is 4.13. The summed E-state index contributed by atoms with van der Waals surface area (Å²) in [6, 6.07) is 13.1. The van der Waals surface area contributed by atoms with Gasteiger partial charge in [0, 0.05) is 37.6 Å². The molecule has 0 saturated heterocycles. The normalized spacial score (nSPS) is 12.0. The maximum Gasteiger partial charge on any atom is 0.270 e. The number of hydrogen-bond acceptors (Lipinski definition) is 4. The van der Waals surface area contributed by atoms with Crippen LogP contribution in [0.4, 0.5) is 0 Å². The number of rotatable bonds is 6. The number of pyridine rings is 1. The molecule has 2 aromatic heterocycles. The van der Waals surface area contributed by atoms with Gasteiger partial charge in [0.1, 0.15) is 5.69 Å². The lowest BCUT2D eigenvalue weighted by Crippen LogP contribution is -2.42. The Morgan fingerprint density at radius 3 is 2.69 bits per heavy atom. The van der Waals surface area contributed by atoms with Gasteiger partial charge in [0.2, 0.25) is 0 Å². The smallest absolute Gasteiger partial charge is 0.270 e. The van der Waals surface area contributed by atoms with Crippen LogP contribution in [0.25, 0.3) is 11.3 Å². The van der Waals surface area contributed by atoms with Crippen LogP contribution < -0.4 is 11.1 Å². The Morgan fingerprint density at radius 2 is 2.08 bits per heavy atom. The van der Waals surface area contributed by atoms with E-state index in [1.807, 2.05) is 43.4 Å². The van der Waals surface area contributed by atoms with E-state index in [9.17, 15) is 4.79 Å². The van der Waals surface area contributed by atoms with Gasteiger partial charge in [-0.25, -0.2) is 0 Å². The number of nitrogens with two attached hydrogens (primary N) is 1. The Balaban J connectivity index is 1.73. The van der Waals surface area contributed by atoms with Gasteiger partial charge in [-0.1, -0.05) is 41.9 Å². The van der Waals surface area contributed by atoms with Crippen LogP contribution in [0.15, 0.2) is 54.9 Å². The minimum absolute atomic E-state index is 0.178. The fourth-order valence-corrected chi connectivity index (χ4v) is 2.98. The van der Waals surface area contributed by atoms with Crippen LogP contribution in [0.5, 0.6) is 0 Å². The molecule has 3 N–H and O–H groups in total. The van der Waals surface area contributed by atoms with E-state index < -0.39 is 0 Å². The van der Waals surface area contributed by atoms with Crippen molar-refractivity contribution in [1.82, 2.24) is 20.1 Å². The molecule has 134 valence electrons. The Hall–Kier alpha value is -2.70. The molecule has 0 aliphatic rings. The van der Waals surface area contributed by atoms with E-state index in [2.05, 4.69) is 15.4 Å². The largest absolute Gasteiger partial charge is 0.346 e. The Bertz CT molecular complexity index is 894. The van der Waals surface area contributed by atoms with Crippen molar-refractivity contribution in [3.63, 3.8) is 0 Å². The molecule has 0 fully saturated rings. The van der Waals surface area contributed by atoms with E-state index in [4.69, 9.17) is 17.3 Å². The first-order valence-corrected chi connectivity index (χ1v) is 8.65. The molecule has 1 atom stereocenters. The molecule has 0 aliphatic carbocycles. The molecular weight excluding hydrogens is 350 g/mol. The summed E-state index contributed by atoms with van der Waals surface area (Å²) in [5, 5.41) is 7.49. The Kier molecular flexibility index (Phi) is 5.65. The van der Waals surface area contributed by atoms with E-state index in [0.29, 0.717) is 18.0 Å². The Morgan fingerprint density at radius 1 is 1.31 bits per heavy atom. The van der Waals surface area contributed by atoms with Gasteiger partial charge in [0.15, 0.2) is 0 Å². The van der Waals surface area contributed by atoms with Crippen molar-refractivity contribution in [3.05, 3.63) is 71.1 Å². The fourth-order valence-electron chi connectivity index (χ4n) is 2.73. The number of aryl methyl sites for hydroxylation is 1. The maximum atomic E-state index is 12.5. The topological polar surface area (TPSA) is 85.8 Å². The van der Waals surface area contributed by atoms with Crippen molar-refractivity contribution in [2.24, 2.45) is 12.8 Å². The number of halogens is 1. The van der Waals surface area contributed by atoms with Gasteiger partial charge >= 0.3 is 0 Å². The summed E-state index contributed by atoms with van der Waals surface area (Å²) in [4.78, 5) is 16.8. The van der Waals surface area contributed by atoms with Crippen molar-refractivity contribution in [1.29, 1.82) is 0 Å². The van der Waals surface area contributed by atoms with Crippen LogP contribution in [-0.4, -0.2) is 33.3 Å². The zero-order chi connectivity index (χ0) is 18.5. The first-order valence-electron chi connectivity index (χ1n) is 8.27. The van der Waals surface area contributed by atoms with Crippen molar-refractivity contribution >= 4 is 17.5 Å². The van der Waals surface area contributed by atoms with Gasteiger partial charge in [-0.2, -0.15) is 5.10 Å². The van der Waals surface area contributed by atoms with Crippen LogP contribution in [0, 0.1) is 0 Å². The zero-order valence-corrected chi connectivity index (χ0v) is 15.1. The summed E-state index contributed by atoms with van der Waals surface area (Å²) in [5.41, 5.74) is 8.74. The highest BCUT2D eigenvalue weighted by molar-refractivity contribution is 6.33. The standard InChI is InChI=1S/C19H20ClN5O/c1-25-18(7-8-23-25)15-12-22-17(10-16(15)20)19(26)24-14(11-21)9-13-5-3-2-4-6-13/h2-8,10,12,14H,9,11,21H2,1H3,(H,24,26). The van der Waals surface area contributed by atoms with Gasteiger partial charge in [0.25, 0.3) is 5.91 Å². The molecular formula is C19H20ClN5O. The number of aromatic nitrogens is 3. The molecule has 26 heavy (non-hydrogen) atoms. The van der Waals surface area contributed by atoms with Crippen molar-refractivity contribution in [3.8, 4) is 11.3 Å². The van der Waals surface area contributed by atoms with Gasteiger partial charge in [0.05, 0.1) is 10.7 Å². The highest BCUT2D eigenvalue weighted by Gasteiger charge is 2.16. The molecule has 1 amide bonds. The van der Waals surface area contributed by atoms with Crippen LogP contribution in [-0.2, 0) is 13.5 Å². The molecule has 0 saturated carbocycles. The second-order valence-corrected chi connectivity index (χ2v) is 6.39. The van der Waals surface area contributed by atoms with E-state index in [-0.39, 0.29) is 17.6 Å². The number of benzene rings is 1. The third kappa shape index (κ3) is 4.09. The highest BCUT2D eigenvalue weighted by Crippen LogP contribution is 2.26. The quantitative estimate of drug-likeness (QED) is 0.698. The molecule has 6 nitrogen and oxygen atoms in total. The minimum Gasteiger partial charge on any atom is -0.346 e. The summed E-state index contributed by atoms with van der Waals surface area (Å²) in [5.74, 6) is -0.296. The number of nitrogens with zero attached hydrogens (tertiary/aromatic N) is 3. The average molecular weight is 370 g/mol. The van der Waals surface area contributed by atoms with Gasteiger partial charge in [-0.05, 0) is 24.1 Å². The zero-order valence-electron chi connectivity index (χ0n) is 14.4. The summed E-state index contributed by atoms with van der Waals surface area (Å²) in [6.45, 7) is 0.335. The van der Waals surface area contributed by atoms with Crippen molar-refractivity contribution < 1.29 is 4.79 Å². The Labute approximate surface area is 157 Å². The first-order chi connectivity index (χ1) is 12.6. The van der Waals surface area contributed by atoms with Gasteiger partial charge in [-0.3, -0.25) is 14.5 Å². The molecule has 7 heteroatoms. The van der Waals surface area contributed by atoms with Gasteiger partial charge < -0.3 is 11.1 Å². The molecule has 0 radical (unpaired) electrons. The van der Waals surface area contributed by atoms with Crippen LogP contribution >= 0.6 is 11.6 Å². The molecule has 1 aromatic carbocycles. The number of carbonyl (C=O) groups is 1. The molecule has 0 bridgehead atoms. The SMILES string of the molecule is Cn1nccc1-c1cnc(C(=O)NC(CN)Cc2ccccc2)cc1Cl. The van der Waals surface area contributed by atoms with Crippen LogP contribution in [0.2, 0.25) is 5.02 Å². The minimum atomic E-state index is -0.296. The lowest BCUT2D eigenvalue weighted by Gasteiger charge is -2.17. The molecule has 3 aromatic rings. The monoisotopic (exact) mass is 369 g/mol. The number of nitrogens with one attached hydrogen (secondary N) is 1. The van der Waals surface area contributed by atoms with E-state index >= 15 is 0 Å². The summed E-state index contributed by atoms with van der Waals surface area (Å²) < 4.78 is 1.70. The predicted molar refractivity (Wildman–Crippen MR) is 102 cm³/mol. The highest BCUT2D eigenvalue weighted by atomic mass is 35.5. The maximum absolute atomic E-state index is 12.5. The molecule has 0 aliphatic heterocycles. The van der Waals surface area contributed by atoms with E-state index in [1.54, 1.807) is 23.1 Å². The first kappa shape index (κ1) is 18.1. The average Bonchev–Trinajstić information content (AvgIpc) is 3.07. The summed E-state index contributed by atoms with van der Waals surface area (Å²) >= 11 is 6.35. The second kappa shape index (κ2) is 8.12. The van der Waals surface area contributed by atoms with Crippen LogP contribution in [0.3, 0.4) is 0 Å². The lowest BCUT2D eigenvalue weighted by atomic mass is 10.1. The number of hydrogen-bond donors (Lipinski definition) is 2. The molecule has 3 rings (SSSR count). The molecule has 0 spiro atoms. The third-order valence-corrected chi connectivity index (χ3v) is 4.44. The lowest BCUT2D eigenvalue weighted by molar-refractivity contribution is 0.0933. The van der Waals surface area contributed by atoms with E-state index in [1.165, 1.54) is 0 Å². The summed E-state index contributed by atoms with van der Waals surface area (Å²) in [7, 11) is 1.82. The molecule has 1 unspecified atom stereocenters. The van der Waals surface area contributed by atoms with Crippen molar-refractivity contribution in [2.75, 3.05) is 6.54 Å². The fraction of sp³-hybridized carbons (Fsp3) is 0.211. The van der Waals surface area contributed by atoms with E-state index in [0.717, 1.165) is 16.8 Å².